The summed E-state index contributed by atoms with van der Waals surface area (Å²) in [5.41, 5.74) is 0.824. The first-order valence-corrected chi connectivity index (χ1v) is 9.61. The van der Waals surface area contributed by atoms with Crippen molar-refractivity contribution in [1.82, 2.24) is 0 Å². The Balaban J connectivity index is 1.57. The van der Waals surface area contributed by atoms with Crippen molar-refractivity contribution in [2.75, 3.05) is 6.61 Å². The molecule has 0 amide bonds. The average molecular weight is 434 g/mol. The maximum atomic E-state index is 12.5. The van der Waals surface area contributed by atoms with Gasteiger partial charge < -0.3 is 44.8 Å². The van der Waals surface area contributed by atoms with E-state index in [0.717, 1.165) is 0 Å². The number of phenols is 2. The van der Waals surface area contributed by atoms with Gasteiger partial charge in [-0.15, -0.1) is 0 Å². The monoisotopic (exact) mass is 434 g/mol. The van der Waals surface area contributed by atoms with Crippen molar-refractivity contribution in [3.8, 4) is 23.0 Å². The highest BCUT2D eigenvalue weighted by molar-refractivity contribution is 6.00. The number of fused-ring (bicyclic) bond motifs is 1. The molecule has 1 fully saturated rings. The van der Waals surface area contributed by atoms with Gasteiger partial charge >= 0.3 is 0 Å². The summed E-state index contributed by atoms with van der Waals surface area (Å²) in [6.07, 6.45) is -8.19. The fourth-order valence-electron chi connectivity index (χ4n) is 3.61. The molecule has 6 N–H and O–H groups in total. The van der Waals surface area contributed by atoms with Gasteiger partial charge in [0.25, 0.3) is 0 Å². The Kier molecular flexibility index (Phi) is 5.73. The molecule has 10 nitrogen and oxygen atoms in total. The molecule has 166 valence electrons. The minimum atomic E-state index is -1.65. The Labute approximate surface area is 176 Å². The lowest BCUT2D eigenvalue weighted by molar-refractivity contribution is -0.277. The van der Waals surface area contributed by atoms with Crippen LogP contribution < -0.4 is 9.47 Å². The normalized spacial score (nSPS) is 30.4. The summed E-state index contributed by atoms with van der Waals surface area (Å²) in [7, 11) is 0. The van der Waals surface area contributed by atoms with Gasteiger partial charge in [0, 0.05) is 6.07 Å². The van der Waals surface area contributed by atoms with E-state index in [4.69, 9.17) is 14.2 Å². The van der Waals surface area contributed by atoms with E-state index in [1.54, 1.807) is 0 Å². The molecule has 1 saturated heterocycles. The van der Waals surface area contributed by atoms with E-state index in [2.05, 4.69) is 0 Å². The van der Waals surface area contributed by atoms with Crippen LogP contribution in [-0.2, 0) is 4.74 Å². The third-order valence-corrected chi connectivity index (χ3v) is 5.35. The van der Waals surface area contributed by atoms with Crippen LogP contribution >= 0.6 is 0 Å². The Morgan fingerprint density at radius 3 is 2.52 bits per heavy atom. The van der Waals surface area contributed by atoms with Gasteiger partial charge in [0.15, 0.2) is 17.3 Å². The van der Waals surface area contributed by atoms with Crippen LogP contribution in [0.15, 0.2) is 36.4 Å². The van der Waals surface area contributed by atoms with Crippen molar-refractivity contribution in [3.63, 3.8) is 0 Å². The number of ketones is 1. The van der Waals surface area contributed by atoms with Crippen molar-refractivity contribution in [2.24, 2.45) is 0 Å². The second-order valence-corrected chi connectivity index (χ2v) is 7.46. The van der Waals surface area contributed by atoms with Crippen molar-refractivity contribution in [2.45, 2.75) is 43.2 Å². The van der Waals surface area contributed by atoms with E-state index in [9.17, 15) is 35.4 Å². The molecule has 6 atom stereocenters. The smallest absolute Gasteiger partial charge is 0.229 e. The summed E-state index contributed by atoms with van der Waals surface area (Å²) in [4.78, 5) is 12.5. The topological polar surface area (TPSA) is 166 Å². The lowest BCUT2D eigenvalue weighted by Crippen LogP contribution is -2.60. The highest BCUT2D eigenvalue weighted by Crippen LogP contribution is 2.39. The zero-order chi connectivity index (χ0) is 22.3. The summed E-state index contributed by atoms with van der Waals surface area (Å²) in [6.45, 7) is -0.624. The van der Waals surface area contributed by atoms with Crippen LogP contribution in [0.4, 0.5) is 0 Å². The van der Waals surface area contributed by atoms with E-state index < -0.39 is 43.4 Å². The number of benzene rings is 2. The molecule has 31 heavy (non-hydrogen) atoms. The molecule has 0 aromatic heterocycles. The average Bonchev–Trinajstić information content (AvgIpc) is 2.75. The minimum absolute atomic E-state index is 0.0159. The molecule has 2 aliphatic heterocycles. The zero-order valence-electron chi connectivity index (χ0n) is 16.2. The Morgan fingerprint density at radius 2 is 1.77 bits per heavy atom. The third-order valence-electron chi connectivity index (χ3n) is 5.35. The second kappa shape index (κ2) is 8.33. The van der Waals surface area contributed by atoms with Crippen molar-refractivity contribution < 1.29 is 49.6 Å². The highest BCUT2D eigenvalue weighted by atomic mass is 16.7. The predicted molar refractivity (Wildman–Crippen MR) is 103 cm³/mol. The quantitative estimate of drug-likeness (QED) is 0.385. The largest absolute Gasteiger partial charge is 0.508 e. The lowest BCUT2D eigenvalue weighted by atomic mass is 9.96. The first-order valence-electron chi connectivity index (χ1n) is 9.61. The van der Waals surface area contributed by atoms with Crippen LogP contribution in [0.25, 0.3) is 0 Å². The Morgan fingerprint density at radius 1 is 1.00 bits per heavy atom. The van der Waals surface area contributed by atoms with Gasteiger partial charge in [0.05, 0.1) is 18.6 Å². The van der Waals surface area contributed by atoms with Crippen LogP contribution in [0.1, 0.15) is 28.4 Å². The fraction of sp³-hybridized carbons (Fsp3) is 0.381. The number of carbonyl (C=O) groups excluding carboxylic acids is 1. The number of phenolic OH excluding ortho intramolecular Hbond substituents is 2. The predicted octanol–water partition coefficient (Wildman–Crippen LogP) is -0.0170. The lowest BCUT2D eigenvalue weighted by Gasteiger charge is -2.39. The number of hydrogen-bond donors (Lipinski definition) is 6. The van der Waals surface area contributed by atoms with E-state index in [0.29, 0.717) is 11.1 Å². The van der Waals surface area contributed by atoms with Crippen LogP contribution in [0.3, 0.4) is 0 Å². The maximum Gasteiger partial charge on any atom is 0.229 e. The number of carbonyl (C=O) groups is 1. The second-order valence-electron chi connectivity index (χ2n) is 7.46. The third kappa shape index (κ3) is 4.03. The molecule has 2 aliphatic rings. The number of aliphatic hydroxyl groups excluding tert-OH is 4. The number of hydrogen-bond acceptors (Lipinski definition) is 10. The Bertz CT molecular complexity index is 975. The van der Waals surface area contributed by atoms with Crippen LogP contribution in [-0.4, -0.2) is 73.7 Å². The van der Waals surface area contributed by atoms with E-state index in [1.165, 1.54) is 36.4 Å². The summed E-state index contributed by atoms with van der Waals surface area (Å²) < 4.78 is 16.6. The molecule has 4 rings (SSSR count). The summed E-state index contributed by atoms with van der Waals surface area (Å²) in [5, 5.41) is 59.1. The molecule has 0 radical (unpaired) electrons. The molecule has 0 aliphatic carbocycles. The molecule has 2 aromatic rings. The SMILES string of the molecule is O=C1C[C@H](c2ccc(O)c(O[C@H]3O[C@@H](CO)[C@H](O)[C@H](O)[C@@H]3O)c2)Oc2cc(O)ccc21. The Hall–Kier alpha value is -2.89. The number of Topliss-reactive ketones (excluding diaryl/α,β-unsaturated/α-hetero) is 1. The van der Waals surface area contributed by atoms with E-state index in [-0.39, 0.29) is 35.2 Å². The molecule has 0 saturated carbocycles. The number of aliphatic hydroxyl groups is 4. The summed E-state index contributed by atoms with van der Waals surface area (Å²) in [5.74, 6) is -0.438. The number of aromatic hydroxyl groups is 2. The van der Waals surface area contributed by atoms with Crippen molar-refractivity contribution in [3.05, 3.63) is 47.5 Å². The van der Waals surface area contributed by atoms with Crippen molar-refractivity contribution >= 4 is 5.78 Å². The molecular formula is C21H22O10. The van der Waals surface area contributed by atoms with Crippen LogP contribution in [0.5, 0.6) is 23.0 Å². The summed E-state index contributed by atoms with van der Waals surface area (Å²) in [6, 6.07) is 8.44. The van der Waals surface area contributed by atoms with Gasteiger partial charge in [-0.1, -0.05) is 6.07 Å². The molecule has 0 spiro atoms. The van der Waals surface area contributed by atoms with Crippen LogP contribution in [0.2, 0.25) is 0 Å². The van der Waals surface area contributed by atoms with E-state index >= 15 is 0 Å². The van der Waals surface area contributed by atoms with Gasteiger partial charge in [-0.05, 0) is 29.8 Å². The van der Waals surface area contributed by atoms with Crippen molar-refractivity contribution in [1.29, 1.82) is 0 Å². The summed E-state index contributed by atoms with van der Waals surface area (Å²) >= 11 is 0. The van der Waals surface area contributed by atoms with Gasteiger partial charge in [-0.3, -0.25) is 4.79 Å². The molecular weight excluding hydrogens is 412 g/mol. The molecule has 2 aromatic carbocycles. The fourth-order valence-corrected chi connectivity index (χ4v) is 3.61. The van der Waals surface area contributed by atoms with Gasteiger partial charge in [0.1, 0.15) is 42.0 Å². The van der Waals surface area contributed by atoms with Gasteiger partial charge in [0.2, 0.25) is 6.29 Å². The van der Waals surface area contributed by atoms with Gasteiger partial charge in [-0.25, -0.2) is 0 Å². The number of ether oxygens (including phenoxy) is 3. The molecule has 2 heterocycles. The molecule has 0 bridgehead atoms. The van der Waals surface area contributed by atoms with Crippen LogP contribution in [0, 0.1) is 0 Å². The first-order chi connectivity index (χ1) is 14.8. The minimum Gasteiger partial charge on any atom is -0.508 e. The van der Waals surface area contributed by atoms with Gasteiger partial charge in [-0.2, -0.15) is 0 Å². The first kappa shape index (κ1) is 21.3. The maximum absolute atomic E-state index is 12.5. The highest BCUT2D eigenvalue weighted by Gasteiger charge is 2.45. The van der Waals surface area contributed by atoms with E-state index in [1.807, 2.05) is 0 Å². The number of rotatable bonds is 4. The molecule has 0 unspecified atom stereocenters. The zero-order valence-corrected chi connectivity index (χ0v) is 16.2. The standard InChI is InChI=1S/C21H22O10/c22-8-17-18(26)19(27)20(28)21(31-17)30-16-5-9(1-4-12(16)24)14-7-13(25)11-3-2-10(23)6-15(11)29-14/h1-6,14,17-24,26-28H,7-8H2/t14-,17+,18+,19+,20+,21+/m1/s1. The molecule has 10 heteroatoms.